The van der Waals surface area contributed by atoms with Crippen molar-refractivity contribution in [3.8, 4) is 16.9 Å². The highest BCUT2D eigenvalue weighted by atomic mass is 16.5. The number of nitrogens with one attached hydrogen (secondary N) is 1. The van der Waals surface area contributed by atoms with Crippen molar-refractivity contribution in [1.82, 2.24) is 10.2 Å². The van der Waals surface area contributed by atoms with Gasteiger partial charge in [0.2, 0.25) is 0 Å². The molecule has 0 spiro atoms. The Kier molecular flexibility index (Phi) is 2.92. The van der Waals surface area contributed by atoms with E-state index in [2.05, 4.69) is 16.3 Å². The highest BCUT2D eigenvalue weighted by Crippen LogP contribution is 2.27. The standard InChI is InChI=1S/C12H15N3O/c1-8-5-9(3-4-12(8)16-2)10-7-14-15-11(10)6-13/h3-5,7H,6,13H2,1-2H3,(H,14,15). The second-order valence-electron chi connectivity index (χ2n) is 3.65. The highest BCUT2D eigenvalue weighted by molar-refractivity contribution is 5.67. The van der Waals surface area contributed by atoms with Crippen LogP contribution in [0.15, 0.2) is 24.4 Å². The fourth-order valence-electron chi connectivity index (χ4n) is 1.76. The lowest BCUT2D eigenvalue weighted by Gasteiger charge is -2.07. The van der Waals surface area contributed by atoms with Crippen LogP contribution in [0.5, 0.6) is 5.75 Å². The van der Waals surface area contributed by atoms with Crippen molar-refractivity contribution in [2.75, 3.05) is 7.11 Å². The first-order chi connectivity index (χ1) is 7.76. The van der Waals surface area contributed by atoms with Gasteiger partial charge in [0.05, 0.1) is 19.0 Å². The lowest BCUT2D eigenvalue weighted by Crippen LogP contribution is -1.98. The van der Waals surface area contributed by atoms with Crippen LogP contribution in [0.4, 0.5) is 0 Å². The number of ether oxygens (including phenoxy) is 1. The van der Waals surface area contributed by atoms with Crippen molar-refractivity contribution in [3.63, 3.8) is 0 Å². The lowest BCUT2D eigenvalue weighted by atomic mass is 10.0. The summed E-state index contributed by atoms with van der Waals surface area (Å²) in [7, 11) is 1.67. The van der Waals surface area contributed by atoms with Crippen molar-refractivity contribution in [1.29, 1.82) is 0 Å². The van der Waals surface area contributed by atoms with Crippen LogP contribution in [0, 0.1) is 6.92 Å². The molecule has 3 N–H and O–H groups in total. The Labute approximate surface area is 94.4 Å². The Morgan fingerprint density at radius 2 is 2.25 bits per heavy atom. The first-order valence-corrected chi connectivity index (χ1v) is 5.13. The van der Waals surface area contributed by atoms with Crippen LogP contribution in [-0.2, 0) is 6.54 Å². The quantitative estimate of drug-likeness (QED) is 0.824. The number of rotatable bonds is 3. The minimum atomic E-state index is 0.459. The number of aryl methyl sites for hydroxylation is 1. The Morgan fingerprint density at radius 3 is 2.88 bits per heavy atom. The van der Waals surface area contributed by atoms with Gasteiger partial charge in [0, 0.05) is 12.1 Å². The number of aromatic nitrogens is 2. The molecule has 0 amide bonds. The van der Waals surface area contributed by atoms with Crippen LogP contribution in [0.1, 0.15) is 11.3 Å². The first-order valence-electron chi connectivity index (χ1n) is 5.13. The molecule has 0 bridgehead atoms. The Hall–Kier alpha value is -1.81. The molecule has 0 aliphatic heterocycles. The summed E-state index contributed by atoms with van der Waals surface area (Å²) in [5, 5.41) is 6.90. The van der Waals surface area contributed by atoms with Crippen LogP contribution < -0.4 is 10.5 Å². The molecule has 1 aromatic carbocycles. The topological polar surface area (TPSA) is 63.9 Å². The zero-order valence-corrected chi connectivity index (χ0v) is 9.45. The summed E-state index contributed by atoms with van der Waals surface area (Å²) < 4.78 is 5.23. The maximum absolute atomic E-state index is 5.63. The third kappa shape index (κ3) is 1.79. The van der Waals surface area contributed by atoms with E-state index in [1.807, 2.05) is 19.1 Å². The predicted molar refractivity (Wildman–Crippen MR) is 63.2 cm³/mol. The minimum Gasteiger partial charge on any atom is -0.496 e. The molecule has 4 heteroatoms. The molecule has 0 fully saturated rings. The van der Waals surface area contributed by atoms with Crippen LogP contribution in [-0.4, -0.2) is 17.3 Å². The van der Waals surface area contributed by atoms with Gasteiger partial charge in [-0.15, -0.1) is 0 Å². The molecule has 0 aliphatic rings. The molecule has 0 saturated carbocycles. The molecule has 84 valence electrons. The number of hydrogen-bond donors (Lipinski definition) is 2. The van der Waals surface area contributed by atoms with E-state index in [0.29, 0.717) is 6.54 Å². The van der Waals surface area contributed by atoms with Gasteiger partial charge < -0.3 is 10.5 Å². The monoisotopic (exact) mass is 217 g/mol. The van der Waals surface area contributed by atoms with E-state index in [1.165, 1.54) is 0 Å². The molecule has 0 aliphatic carbocycles. The van der Waals surface area contributed by atoms with E-state index in [0.717, 1.165) is 28.1 Å². The number of methoxy groups -OCH3 is 1. The Bertz CT molecular complexity index is 491. The van der Waals surface area contributed by atoms with E-state index < -0.39 is 0 Å². The van der Waals surface area contributed by atoms with Crippen molar-refractivity contribution >= 4 is 0 Å². The van der Waals surface area contributed by atoms with Gasteiger partial charge in [-0.05, 0) is 30.2 Å². The first kappa shape index (κ1) is 10.7. The molecule has 1 aromatic heterocycles. The van der Waals surface area contributed by atoms with Gasteiger partial charge in [0.1, 0.15) is 5.75 Å². The lowest BCUT2D eigenvalue weighted by molar-refractivity contribution is 0.412. The van der Waals surface area contributed by atoms with E-state index >= 15 is 0 Å². The Morgan fingerprint density at radius 1 is 1.44 bits per heavy atom. The zero-order valence-electron chi connectivity index (χ0n) is 9.45. The summed E-state index contributed by atoms with van der Waals surface area (Å²) in [5.41, 5.74) is 9.83. The van der Waals surface area contributed by atoms with E-state index in [1.54, 1.807) is 13.3 Å². The Balaban J connectivity index is 2.45. The van der Waals surface area contributed by atoms with Crippen molar-refractivity contribution in [2.45, 2.75) is 13.5 Å². The van der Waals surface area contributed by atoms with Gasteiger partial charge in [-0.3, -0.25) is 5.10 Å². The zero-order chi connectivity index (χ0) is 11.5. The van der Waals surface area contributed by atoms with E-state index in [4.69, 9.17) is 10.5 Å². The van der Waals surface area contributed by atoms with Gasteiger partial charge in [-0.25, -0.2) is 0 Å². The fraction of sp³-hybridized carbons (Fsp3) is 0.250. The maximum atomic E-state index is 5.63. The molecule has 0 radical (unpaired) electrons. The number of nitrogens with two attached hydrogens (primary N) is 1. The molecular weight excluding hydrogens is 202 g/mol. The van der Waals surface area contributed by atoms with E-state index in [9.17, 15) is 0 Å². The third-order valence-corrected chi connectivity index (χ3v) is 2.63. The third-order valence-electron chi connectivity index (χ3n) is 2.63. The number of H-pyrrole nitrogens is 1. The van der Waals surface area contributed by atoms with Gasteiger partial charge in [0.15, 0.2) is 0 Å². The molecule has 2 rings (SSSR count). The smallest absolute Gasteiger partial charge is 0.121 e. The fourth-order valence-corrected chi connectivity index (χ4v) is 1.76. The van der Waals surface area contributed by atoms with Gasteiger partial charge in [0.25, 0.3) is 0 Å². The van der Waals surface area contributed by atoms with Crippen molar-refractivity contribution < 1.29 is 4.74 Å². The number of benzene rings is 1. The summed E-state index contributed by atoms with van der Waals surface area (Å²) in [6.07, 6.45) is 1.80. The van der Waals surface area contributed by atoms with Crippen LogP contribution >= 0.6 is 0 Å². The number of nitrogens with zero attached hydrogens (tertiary/aromatic N) is 1. The molecule has 1 heterocycles. The average Bonchev–Trinajstić information content (AvgIpc) is 2.77. The molecule has 0 atom stereocenters. The van der Waals surface area contributed by atoms with Crippen molar-refractivity contribution in [2.24, 2.45) is 5.73 Å². The summed E-state index contributed by atoms with van der Waals surface area (Å²) >= 11 is 0. The average molecular weight is 217 g/mol. The predicted octanol–water partition coefficient (Wildman–Crippen LogP) is 1.85. The van der Waals surface area contributed by atoms with Crippen LogP contribution in [0.25, 0.3) is 11.1 Å². The van der Waals surface area contributed by atoms with Crippen LogP contribution in [0.3, 0.4) is 0 Å². The molecule has 4 nitrogen and oxygen atoms in total. The van der Waals surface area contributed by atoms with Gasteiger partial charge in [-0.2, -0.15) is 5.10 Å². The molecule has 0 unspecified atom stereocenters. The highest BCUT2D eigenvalue weighted by Gasteiger charge is 2.07. The summed E-state index contributed by atoms with van der Waals surface area (Å²) in [6.45, 7) is 2.48. The summed E-state index contributed by atoms with van der Waals surface area (Å²) in [4.78, 5) is 0. The molecule has 0 saturated heterocycles. The largest absolute Gasteiger partial charge is 0.496 e. The number of hydrogen-bond acceptors (Lipinski definition) is 3. The molecule has 16 heavy (non-hydrogen) atoms. The normalized spacial score (nSPS) is 10.4. The molecule has 2 aromatic rings. The molecular formula is C12H15N3O. The number of aromatic amines is 1. The summed E-state index contributed by atoms with van der Waals surface area (Å²) in [6, 6.07) is 6.04. The van der Waals surface area contributed by atoms with E-state index in [-0.39, 0.29) is 0 Å². The second kappa shape index (κ2) is 4.37. The SMILES string of the molecule is COc1ccc(-c2cn[nH]c2CN)cc1C. The second-order valence-corrected chi connectivity index (χ2v) is 3.65. The maximum Gasteiger partial charge on any atom is 0.121 e. The van der Waals surface area contributed by atoms with Gasteiger partial charge in [-0.1, -0.05) is 6.07 Å². The van der Waals surface area contributed by atoms with Gasteiger partial charge >= 0.3 is 0 Å². The summed E-state index contributed by atoms with van der Waals surface area (Å²) in [5.74, 6) is 0.890. The van der Waals surface area contributed by atoms with Crippen LogP contribution in [0.2, 0.25) is 0 Å². The minimum absolute atomic E-state index is 0.459. The van der Waals surface area contributed by atoms with Crippen molar-refractivity contribution in [3.05, 3.63) is 35.7 Å².